The number of hydrogen-bond acceptors (Lipinski definition) is 3. The summed E-state index contributed by atoms with van der Waals surface area (Å²) in [4.78, 5) is 25.6. The van der Waals surface area contributed by atoms with Crippen LogP contribution in [0.3, 0.4) is 0 Å². The molecule has 5 heteroatoms. The maximum absolute atomic E-state index is 12.8. The summed E-state index contributed by atoms with van der Waals surface area (Å²) in [6.45, 7) is 4.39. The van der Waals surface area contributed by atoms with Crippen LogP contribution in [-0.4, -0.2) is 29.6 Å². The van der Waals surface area contributed by atoms with Gasteiger partial charge in [-0.2, -0.15) is 0 Å². The van der Waals surface area contributed by atoms with Gasteiger partial charge in [0.15, 0.2) is 0 Å². The van der Waals surface area contributed by atoms with Gasteiger partial charge in [-0.05, 0) is 49.2 Å². The highest BCUT2D eigenvalue weighted by molar-refractivity contribution is 5.97. The van der Waals surface area contributed by atoms with Gasteiger partial charge in [-0.3, -0.25) is 4.79 Å². The summed E-state index contributed by atoms with van der Waals surface area (Å²) in [6, 6.07) is 12.3. The van der Waals surface area contributed by atoms with E-state index >= 15 is 0 Å². The molecule has 0 bridgehead atoms. The van der Waals surface area contributed by atoms with E-state index in [4.69, 9.17) is 9.84 Å². The van der Waals surface area contributed by atoms with Crippen LogP contribution in [0.1, 0.15) is 28.4 Å². The van der Waals surface area contributed by atoms with Crippen LogP contribution in [0.2, 0.25) is 0 Å². The van der Waals surface area contributed by atoms with Gasteiger partial charge in [-0.1, -0.05) is 18.2 Å². The summed E-state index contributed by atoms with van der Waals surface area (Å²) >= 11 is 0. The van der Waals surface area contributed by atoms with Crippen molar-refractivity contribution < 1.29 is 19.4 Å². The molecule has 1 aliphatic heterocycles. The molecule has 1 N–H and O–H groups in total. The maximum atomic E-state index is 12.8. The number of nitrogens with zero attached hydrogens (tertiary/aromatic N) is 1. The summed E-state index contributed by atoms with van der Waals surface area (Å²) in [6.07, 6.45) is 0.0647. The SMILES string of the molecule is Cc1ccc2c(c1)OC(C)CN2C(=O)Cc1cccc(C(=O)O)c1. The Kier molecular flexibility index (Phi) is 4.25. The molecule has 0 saturated carbocycles. The van der Waals surface area contributed by atoms with E-state index in [9.17, 15) is 9.59 Å². The van der Waals surface area contributed by atoms with Crippen LogP contribution >= 0.6 is 0 Å². The Hall–Kier alpha value is -2.82. The maximum Gasteiger partial charge on any atom is 0.335 e. The number of fused-ring (bicyclic) bond motifs is 1. The smallest absolute Gasteiger partial charge is 0.335 e. The molecule has 5 nitrogen and oxygen atoms in total. The fraction of sp³-hybridized carbons (Fsp3) is 0.263. The van der Waals surface area contributed by atoms with E-state index in [0.717, 1.165) is 11.3 Å². The topological polar surface area (TPSA) is 66.8 Å². The lowest BCUT2D eigenvalue weighted by Gasteiger charge is -2.33. The minimum Gasteiger partial charge on any atom is -0.487 e. The molecule has 0 aliphatic carbocycles. The monoisotopic (exact) mass is 325 g/mol. The van der Waals surface area contributed by atoms with Crippen molar-refractivity contribution in [3.8, 4) is 5.75 Å². The minimum absolute atomic E-state index is 0.0715. The average Bonchev–Trinajstić information content (AvgIpc) is 2.53. The number of aromatic carboxylic acids is 1. The lowest BCUT2D eigenvalue weighted by Crippen LogP contribution is -2.43. The second-order valence-electron chi connectivity index (χ2n) is 6.09. The predicted octanol–water partition coefficient (Wildman–Crippen LogP) is 3.05. The lowest BCUT2D eigenvalue weighted by molar-refractivity contribution is -0.118. The lowest BCUT2D eigenvalue weighted by atomic mass is 10.1. The first kappa shape index (κ1) is 16.1. The van der Waals surface area contributed by atoms with Crippen molar-refractivity contribution in [3.63, 3.8) is 0 Å². The molecule has 0 saturated heterocycles. The second-order valence-corrected chi connectivity index (χ2v) is 6.09. The summed E-state index contributed by atoms with van der Waals surface area (Å²) in [5, 5.41) is 9.07. The quantitative estimate of drug-likeness (QED) is 0.942. The van der Waals surface area contributed by atoms with Crippen molar-refractivity contribution >= 4 is 17.6 Å². The number of carbonyl (C=O) groups excluding carboxylic acids is 1. The third-order valence-corrected chi connectivity index (χ3v) is 4.00. The Morgan fingerprint density at radius 1 is 1.25 bits per heavy atom. The largest absolute Gasteiger partial charge is 0.487 e. The molecule has 0 spiro atoms. The van der Waals surface area contributed by atoms with E-state index in [1.165, 1.54) is 6.07 Å². The zero-order chi connectivity index (χ0) is 17.3. The molecule has 0 radical (unpaired) electrons. The van der Waals surface area contributed by atoms with Crippen molar-refractivity contribution in [2.45, 2.75) is 26.4 Å². The fourth-order valence-electron chi connectivity index (χ4n) is 2.87. The van der Waals surface area contributed by atoms with Gasteiger partial charge in [0.2, 0.25) is 5.91 Å². The number of ether oxygens (including phenoxy) is 1. The average molecular weight is 325 g/mol. The van der Waals surface area contributed by atoms with Crippen molar-refractivity contribution in [3.05, 3.63) is 59.2 Å². The van der Waals surface area contributed by atoms with Crippen LogP contribution in [0.15, 0.2) is 42.5 Å². The van der Waals surface area contributed by atoms with Crippen LogP contribution in [-0.2, 0) is 11.2 Å². The van der Waals surface area contributed by atoms with Gasteiger partial charge in [0.25, 0.3) is 0 Å². The van der Waals surface area contributed by atoms with Crippen LogP contribution in [0.5, 0.6) is 5.75 Å². The molecule has 1 unspecified atom stereocenters. The molecule has 124 valence electrons. The van der Waals surface area contributed by atoms with E-state index in [1.54, 1.807) is 23.1 Å². The molecule has 24 heavy (non-hydrogen) atoms. The van der Waals surface area contributed by atoms with E-state index in [0.29, 0.717) is 17.9 Å². The Bertz CT molecular complexity index is 800. The Labute approximate surface area is 140 Å². The Balaban J connectivity index is 1.85. The number of hydrogen-bond donors (Lipinski definition) is 1. The number of carboxylic acids is 1. The first-order valence-electron chi connectivity index (χ1n) is 7.84. The molecule has 2 aromatic rings. The number of carboxylic acid groups (broad SMARTS) is 1. The number of rotatable bonds is 3. The van der Waals surface area contributed by atoms with Gasteiger partial charge in [-0.15, -0.1) is 0 Å². The molecule has 1 heterocycles. The van der Waals surface area contributed by atoms with E-state index in [-0.39, 0.29) is 24.0 Å². The first-order chi connectivity index (χ1) is 11.4. The van der Waals surface area contributed by atoms with Gasteiger partial charge in [0.05, 0.1) is 24.2 Å². The van der Waals surface area contributed by atoms with E-state index < -0.39 is 5.97 Å². The van der Waals surface area contributed by atoms with Crippen LogP contribution in [0.25, 0.3) is 0 Å². The number of aryl methyl sites for hydroxylation is 1. The number of amides is 1. The van der Waals surface area contributed by atoms with Crippen molar-refractivity contribution in [1.29, 1.82) is 0 Å². The molecule has 1 amide bonds. The highest BCUT2D eigenvalue weighted by atomic mass is 16.5. The van der Waals surface area contributed by atoms with E-state index in [1.807, 2.05) is 32.0 Å². The van der Waals surface area contributed by atoms with Gasteiger partial charge in [-0.25, -0.2) is 4.79 Å². The zero-order valence-corrected chi connectivity index (χ0v) is 13.7. The summed E-state index contributed by atoms with van der Waals surface area (Å²) < 4.78 is 5.82. The molecule has 1 aliphatic rings. The van der Waals surface area contributed by atoms with Crippen molar-refractivity contribution in [2.24, 2.45) is 0 Å². The van der Waals surface area contributed by atoms with Gasteiger partial charge in [0.1, 0.15) is 11.9 Å². The molecule has 0 aromatic heterocycles. The summed E-state index contributed by atoms with van der Waals surface area (Å²) in [5.41, 5.74) is 2.71. The highest BCUT2D eigenvalue weighted by Gasteiger charge is 2.27. The molecular formula is C19H19NO4. The number of carbonyl (C=O) groups is 2. The molecular weight excluding hydrogens is 306 g/mol. The number of benzene rings is 2. The third kappa shape index (κ3) is 3.25. The first-order valence-corrected chi connectivity index (χ1v) is 7.84. The molecule has 2 aromatic carbocycles. The van der Waals surface area contributed by atoms with Crippen molar-refractivity contribution in [2.75, 3.05) is 11.4 Å². The second kappa shape index (κ2) is 6.35. The third-order valence-electron chi connectivity index (χ3n) is 4.00. The molecule has 0 fully saturated rings. The van der Waals surface area contributed by atoms with Crippen LogP contribution < -0.4 is 9.64 Å². The van der Waals surface area contributed by atoms with E-state index in [2.05, 4.69) is 0 Å². The minimum atomic E-state index is -0.995. The molecule has 3 rings (SSSR count). The summed E-state index contributed by atoms with van der Waals surface area (Å²) in [5.74, 6) is -0.357. The standard InChI is InChI=1S/C19H19NO4/c1-12-6-7-16-17(8-12)24-13(2)11-20(16)18(21)10-14-4-3-5-15(9-14)19(22)23/h3-9,13H,10-11H2,1-2H3,(H,22,23). The predicted molar refractivity (Wildman–Crippen MR) is 90.7 cm³/mol. The highest BCUT2D eigenvalue weighted by Crippen LogP contribution is 2.34. The Morgan fingerprint density at radius 3 is 2.79 bits per heavy atom. The zero-order valence-electron chi connectivity index (χ0n) is 13.7. The van der Waals surface area contributed by atoms with Crippen LogP contribution in [0.4, 0.5) is 5.69 Å². The van der Waals surface area contributed by atoms with Gasteiger partial charge >= 0.3 is 5.97 Å². The number of anilines is 1. The molecule has 1 atom stereocenters. The summed E-state index contributed by atoms with van der Waals surface area (Å²) in [7, 11) is 0. The van der Waals surface area contributed by atoms with Crippen molar-refractivity contribution in [1.82, 2.24) is 0 Å². The Morgan fingerprint density at radius 2 is 2.04 bits per heavy atom. The normalized spacial score (nSPS) is 16.2. The van der Waals surface area contributed by atoms with Gasteiger partial charge in [0, 0.05) is 0 Å². The fourth-order valence-corrected chi connectivity index (χ4v) is 2.87. The van der Waals surface area contributed by atoms with Crippen LogP contribution in [0, 0.1) is 6.92 Å². The van der Waals surface area contributed by atoms with Gasteiger partial charge < -0.3 is 14.7 Å².